The third-order valence-corrected chi connectivity index (χ3v) is 2.25. The molecule has 1 rings (SSSR count). The standard InChI is InChI=1S/C13H17NO3/c1-16-12-7-5-11(6-8-12)10-14-9-3-4-13(15)17-2/h5-8,10H,3-4,9H2,1-2H3. The molecule has 4 heteroatoms. The van der Waals surface area contributed by atoms with Crippen LogP contribution in [0.2, 0.25) is 0 Å². The zero-order chi connectivity index (χ0) is 12.5. The maximum atomic E-state index is 10.8. The van der Waals surface area contributed by atoms with E-state index in [0.717, 1.165) is 11.3 Å². The van der Waals surface area contributed by atoms with Gasteiger partial charge in [-0.2, -0.15) is 0 Å². The van der Waals surface area contributed by atoms with Gasteiger partial charge in [-0.05, 0) is 36.2 Å². The molecule has 0 radical (unpaired) electrons. The summed E-state index contributed by atoms with van der Waals surface area (Å²) in [6.07, 6.45) is 2.91. The summed E-state index contributed by atoms with van der Waals surface area (Å²) in [4.78, 5) is 15.1. The highest BCUT2D eigenvalue weighted by atomic mass is 16.5. The van der Waals surface area contributed by atoms with Crippen molar-refractivity contribution in [1.82, 2.24) is 0 Å². The molecule has 0 spiro atoms. The molecule has 0 unspecified atom stereocenters. The second kappa shape index (κ2) is 7.44. The Morgan fingerprint density at radius 3 is 2.59 bits per heavy atom. The topological polar surface area (TPSA) is 47.9 Å². The Hall–Kier alpha value is -1.84. The van der Waals surface area contributed by atoms with Gasteiger partial charge in [0.2, 0.25) is 0 Å². The molecule has 0 fully saturated rings. The predicted molar refractivity (Wildman–Crippen MR) is 66.7 cm³/mol. The van der Waals surface area contributed by atoms with Crippen LogP contribution in [0.25, 0.3) is 0 Å². The molecule has 1 aromatic carbocycles. The number of rotatable bonds is 6. The van der Waals surface area contributed by atoms with Crippen LogP contribution in [0.15, 0.2) is 29.3 Å². The first-order valence-electron chi connectivity index (χ1n) is 5.47. The molecule has 0 saturated heterocycles. The summed E-state index contributed by atoms with van der Waals surface area (Å²) >= 11 is 0. The van der Waals surface area contributed by atoms with Gasteiger partial charge in [0.15, 0.2) is 0 Å². The Labute approximate surface area is 101 Å². The number of hydrogen-bond acceptors (Lipinski definition) is 4. The number of hydrogen-bond donors (Lipinski definition) is 0. The van der Waals surface area contributed by atoms with Gasteiger partial charge in [-0.3, -0.25) is 9.79 Å². The SMILES string of the molecule is COC(=O)CCCN=Cc1ccc(OC)cc1. The number of benzene rings is 1. The van der Waals surface area contributed by atoms with Crippen LogP contribution in [0, 0.1) is 0 Å². The number of nitrogens with zero attached hydrogens (tertiary/aromatic N) is 1. The van der Waals surface area contributed by atoms with Crippen LogP contribution in [0.5, 0.6) is 5.75 Å². The fourth-order valence-electron chi connectivity index (χ4n) is 1.28. The lowest BCUT2D eigenvalue weighted by Gasteiger charge is -1.99. The molecule has 0 aliphatic heterocycles. The van der Waals surface area contributed by atoms with Gasteiger partial charge in [-0.1, -0.05) is 0 Å². The predicted octanol–water partition coefficient (Wildman–Crippen LogP) is 2.07. The molecule has 1 aromatic rings. The first kappa shape index (κ1) is 13.2. The van der Waals surface area contributed by atoms with E-state index >= 15 is 0 Å². The van der Waals surface area contributed by atoms with Crippen LogP contribution < -0.4 is 4.74 Å². The number of esters is 1. The van der Waals surface area contributed by atoms with Gasteiger partial charge in [0.1, 0.15) is 5.75 Å². The quantitative estimate of drug-likeness (QED) is 0.431. The smallest absolute Gasteiger partial charge is 0.305 e. The van der Waals surface area contributed by atoms with E-state index in [1.807, 2.05) is 24.3 Å². The lowest BCUT2D eigenvalue weighted by Crippen LogP contribution is -2.00. The van der Waals surface area contributed by atoms with Gasteiger partial charge in [-0.25, -0.2) is 0 Å². The molecule has 0 atom stereocenters. The number of aliphatic imine (C=N–C) groups is 1. The first-order chi connectivity index (χ1) is 8.26. The van der Waals surface area contributed by atoms with Gasteiger partial charge in [-0.15, -0.1) is 0 Å². The zero-order valence-corrected chi connectivity index (χ0v) is 10.2. The maximum Gasteiger partial charge on any atom is 0.305 e. The highest BCUT2D eigenvalue weighted by molar-refractivity contribution is 5.79. The molecule has 92 valence electrons. The Morgan fingerprint density at radius 1 is 1.29 bits per heavy atom. The average Bonchev–Trinajstić information content (AvgIpc) is 2.38. The monoisotopic (exact) mass is 235 g/mol. The molecule has 0 aliphatic carbocycles. The summed E-state index contributed by atoms with van der Waals surface area (Å²) in [5.41, 5.74) is 1.02. The Bertz CT molecular complexity index is 371. The van der Waals surface area contributed by atoms with Crippen molar-refractivity contribution >= 4 is 12.2 Å². The highest BCUT2D eigenvalue weighted by Gasteiger charge is 1.97. The fraction of sp³-hybridized carbons (Fsp3) is 0.385. The van der Waals surface area contributed by atoms with Crippen molar-refractivity contribution < 1.29 is 14.3 Å². The molecule has 0 saturated carbocycles. The van der Waals surface area contributed by atoms with E-state index in [1.54, 1.807) is 13.3 Å². The molecule has 0 heterocycles. The van der Waals surface area contributed by atoms with Crippen LogP contribution in [0.4, 0.5) is 0 Å². The van der Waals surface area contributed by atoms with E-state index in [4.69, 9.17) is 4.74 Å². The van der Waals surface area contributed by atoms with Gasteiger partial charge in [0.25, 0.3) is 0 Å². The highest BCUT2D eigenvalue weighted by Crippen LogP contribution is 2.09. The summed E-state index contributed by atoms with van der Waals surface area (Å²) in [5.74, 6) is 0.637. The molecule has 0 bridgehead atoms. The van der Waals surface area contributed by atoms with Crippen LogP contribution >= 0.6 is 0 Å². The van der Waals surface area contributed by atoms with Crippen molar-refractivity contribution in [1.29, 1.82) is 0 Å². The van der Waals surface area contributed by atoms with Crippen molar-refractivity contribution in [3.8, 4) is 5.75 Å². The van der Waals surface area contributed by atoms with Crippen LogP contribution in [0.1, 0.15) is 18.4 Å². The minimum Gasteiger partial charge on any atom is -0.497 e. The van der Waals surface area contributed by atoms with Crippen LogP contribution in [-0.4, -0.2) is 32.9 Å². The number of methoxy groups -OCH3 is 2. The number of carbonyl (C=O) groups excluding carboxylic acids is 1. The largest absolute Gasteiger partial charge is 0.497 e. The molecule has 0 aliphatic rings. The Morgan fingerprint density at radius 2 is 2.00 bits per heavy atom. The third-order valence-electron chi connectivity index (χ3n) is 2.25. The third kappa shape index (κ3) is 5.15. The molecular weight excluding hydrogens is 218 g/mol. The zero-order valence-electron chi connectivity index (χ0n) is 10.2. The summed E-state index contributed by atoms with van der Waals surface area (Å²) in [6.45, 7) is 0.626. The minimum absolute atomic E-state index is 0.190. The normalized spacial score (nSPS) is 10.5. The van der Waals surface area contributed by atoms with Crippen molar-refractivity contribution in [2.45, 2.75) is 12.8 Å². The summed E-state index contributed by atoms with van der Waals surface area (Å²) < 4.78 is 9.59. The van der Waals surface area contributed by atoms with Gasteiger partial charge >= 0.3 is 5.97 Å². The lowest BCUT2D eigenvalue weighted by atomic mass is 10.2. The van der Waals surface area contributed by atoms with Gasteiger partial charge in [0, 0.05) is 19.2 Å². The van der Waals surface area contributed by atoms with Crippen molar-refractivity contribution in [2.24, 2.45) is 4.99 Å². The van der Waals surface area contributed by atoms with E-state index in [0.29, 0.717) is 19.4 Å². The van der Waals surface area contributed by atoms with Crippen molar-refractivity contribution in [2.75, 3.05) is 20.8 Å². The second-order valence-electron chi connectivity index (χ2n) is 3.49. The van der Waals surface area contributed by atoms with E-state index in [-0.39, 0.29) is 5.97 Å². The molecule has 0 aromatic heterocycles. The molecule has 0 N–H and O–H groups in total. The second-order valence-corrected chi connectivity index (χ2v) is 3.49. The van der Waals surface area contributed by atoms with E-state index in [9.17, 15) is 4.79 Å². The van der Waals surface area contributed by atoms with E-state index in [2.05, 4.69) is 9.73 Å². The first-order valence-corrected chi connectivity index (χ1v) is 5.47. The van der Waals surface area contributed by atoms with Gasteiger partial charge < -0.3 is 9.47 Å². The van der Waals surface area contributed by atoms with Crippen molar-refractivity contribution in [3.05, 3.63) is 29.8 Å². The molecular formula is C13H17NO3. The minimum atomic E-state index is -0.190. The summed E-state index contributed by atoms with van der Waals surface area (Å²) in [5, 5.41) is 0. The van der Waals surface area contributed by atoms with Crippen molar-refractivity contribution in [3.63, 3.8) is 0 Å². The average molecular weight is 235 g/mol. The molecule has 17 heavy (non-hydrogen) atoms. The van der Waals surface area contributed by atoms with Crippen LogP contribution in [-0.2, 0) is 9.53 Å². The fourth-order valence-corrected chi connectivity index (χ4v) is 1.28. The Kier molecular flexibility index (Phi) is 5.79. The maximum absolute atomic E-state index is 10.8. The van der Waals surface area contributed by atoms with E-state index in [1.165, 1.54) is 7.11 Å². The number of carbonyl (C=O) groups is 1. The number of ether oxygens (including phenoxy) is 2. The van der Waals surface area contributed by atoms with E-state index < -0.39 is 0 Å². The molecule has 4 nitrogen and oxygen atoms in total. The summed E-state index contributed by atoms with van der Waals surface area (Å²) in [6, 6.07) is 7.64. The summed E-state index contributed by atoms with van der Waals surface area (Å²) in [7, 11) is 3.03. The Balaban J connectivity index is 2.30. The van der Waals surface area contributed by atoms with Crippen LogP contribution in [0.3, 0.4) is 0 Å². The molecule has 0 amide bonds. The lowest BCUT2D eigenvalue weighted by molar-refractivity contribution is -0.140. The van der Waals surface area contributed by atoms with Gasteiger partial charge in [0.05, 0.1) is 14.2 Å².